The highest BCUT2D eigenvalue weighted by Crippen LogP contribution is 2.24. The van der Waals surface area contributed by atoms with Crippen LogP contribution in [0.25, 0.3) is 10.9 Å². The lowest BCUT2D eigenvalue weighted by Crippen LogP contribution is -2.20. The highest BCUT2D eigenvalue weighted by atomic mass is 16.5. The molecule has 0 aliphatic heterocycles. The number of hydrogen-bond acceptors (Lipinski definition) is 3. The van der Waals surface area contributed by atoms with Gasteiger partial charge in [0.05, 0.1) is 12.6 Å². The largest absolute Gasteiger partial charge is 0.497 e. The van der Waals surface area contributed by atoms with Gasteiger partial charge in [-0.05, 0) is 24.3 Å². The fourth-order valence-electron chi connectivity index (χ4n) is 1.79. The fraction of sp³-hybridized carbons (Fsp3) is 0.333. The van der Waals surface area contributed by atoms with Crippen LogP contribution in [0.4, 0.5) is 0 Å². The maximum Gasteiger partial charge on any atom is 0.169 e. The zero-order valence-electron chi connectivity index (χ0n) is 11.2. The minimum atomic E-state index is -0.395. The van der Waals surface area contributed by atoms with Crippen LogP contribution in [0.15, 0.2) is 30.5 Å². The summed E-state index contributed by atoms with van der Waals surface area (Å²) in [5.41, 5.74) is 1.11. The molecule has 2 rings (SSSR count). The van der Waals surface area contributed by atoms with Gasteiger partial charge in [0, 0.05) is 22.6 Å². The Kier molecular flexibility index (Phi) is 3.07. The second kappa shape index (κ2) is 4.41. The maximum atomic E-state index is 12.2. The minimum Gasteiger partial charge on any atom is -0.497 e. The average molecular weight is 243 g/mol. The molecule has 0 N–H and O–H groups in total. The van der Waals surface area contributed by atoms with Crippen molar-refractivity contribution in [2.45, 2.75) is 20.8 Å². The third-order valence-electron chi connectivity index (χ3n) is 2.83. The number of carbonyl (C=O) groups is 1. The van der Waals surface area contributed by atoms with Crippen LogP contribution < -0.4 is 4.74 Å². The number of fused-ring (bicyclic) bond motifs is 1. The summed E-state index contributed by atoms with van der Waals surface area (Å²) in [4.78, 5) is 16.5. The first kappa shape index (κ1) is 12.6. The number of ether oxygens (including phenoxy) is 1. The number of ketones is 1. The Labute approximate surface area is 107 Å². The predicted molar refractivity (Wildman–Crippen MR) is 72.1 cm³/mol. The fourth-order valence-corrected chi connectivity index (χ4v) is 1.79. The number of pyridine rings is 1. The molecule has 0 fully saturated rings. The van der Waals surface area contributed by atoms with Crippen molar-refractivity contribution in [2.24, 2.45) is 5.41 Å². The van der Waals surface area contributed by atoms with Crippen molar-refractivity contribution in [1.82, 2.24) is 4.98 Å². The summed E-state index contributed by atoms with van der Waals surface area (Å²) in [5.74, 6) is 0.865. The van der Waals surface area contributed by atoms with E-state index in [4.69, 9.17) is 4.74 Å². The summed E-state index contributed by atoms with van der Waals surface area (Å²) in [6.45, 7) is 5.72. The third-order valence-corrected chi connectivity index (χ3v) is 2.83. The molecule has 3 heteroatoms. The van der Waals surface area contributed by atoms with E-state index in [0.717, 1.165) is 16.7 Å². The SMILES string of the molecule is COc1ccc2ncc(C(=O)C(C)(C)C)cc2c1. The van der Waals surface area contributed by atoms with Gasteiger partial charge in [0.15, 0.2) is 5.78 Å². The Bertz CT molecular complexity index is 597. The molecule has 0 atom stereocenters. The van der Waals surface area contributed by atoms with E-state index < -0.39 is 5.41 Å². The van der Waals surface area contributed by atoms with Crippen LogP contribution in [0.1, 0.15) is 31.1 Å². The summed E-state index contributed by atoms with van der Waals surface area (Å²) >= 11 is 0. The normalized spacial score (nSPS) is 11.6. The van der Waals surface area contributed by atoms with E-state index in [1.165, 1.54) is 0 Å². The van der Waals surface area contributed by atoms with Gasteiger partial charge in [-0.1, -0.05) is 20.8 Å². The van der Waals surface area contributed by atoms with Gasteiger partial charge in [-0.25, -0.2) is 0 Å². The quantitative estimate of drug-likeness (QED) is 0.758. The standard InChI is InChI=1S/C15H17NO2/c1-15(2,3)14(17)11-7-10-8-12(18-4)5-6-13(10)16-9-11/h5-9H,1-4H3. The molecule has 0 saturated carbocycles. The number of rotatable bonds is 2. The molecule has 0 bridgehead atoms. The number of carbonyl (C=O) groups excluding carboxylic acids is 1. The first-order valence-electron chi connectivity index (χ1n) is 5.90. The van der Waals surface area contributed by atoms with Gasteiger partial charge in [-0.3, -0.25) is 9.78 Å². The topological polar surface area (TPSA) is 39.2 Å². The molecular weight excluding hydrogens is 226 g/mol. The minimum absolute atomic E-state index is 0.0970. The molecule has 1 aromatic heterocycles. The van der Waals surface area contributed by atoms with Crippen molar-refractivity contribution < 1.29 is 9.53 Å². The average Bonchev–Trinajstić information content (AvgIpc) is 2.35. The predicted octanol–water partition coefficient (Wildman–Crippen LogP) is 3.47. The van der Waals surface area contributed by atoms with Crippen LogP contribution >= 0.6 is 0 Å². The van der Waals surface area contributed by atoms with Crippen LogP contribution in [-0.2, 0) is 0 Å². The van der Waals surface area contributed by atoms with E-state index in [0.29, 0.717) is 5.56 Å². The molecule has 3 nitrogen and oxygen atoms in total. The number of Topliss-reactive ketones (excluding diaryl/α,β-unsaturated/α-hetero) is 1. The highest BCUT2D eigenvalue weighted by Gasteiger charge is 2.23. The molecule has 18 heavy (non-hydrogen) atoms. The molecular formula is C15H17NO2. The van der Waals surface area contributed by atoms with Crippen molar-refractivity contribution in [3.8, 4) is 5.75 Å². The first-order chi connectivity index (χ1) is 8.41. The van der Waals surface area contributed by atoms with Gasteiger partial charge < -0.3 is 4.74 Å². The van der Waals surface area contributed by atoms with Gasteiger partial charge in [0.2, 0.25) is 0 Å². The summed E-state index contributed by atoms with van der Waals surface area (Å²) < 4.78 is 5.18. The van der Waals surface area contributed by atoms with E-state index in [2.05, 4.69) is 4.98 Å². The Morgan fingerprint density at radius 2 is 1.94 bits per heavy atom. The van der Waals surface area contributed by atoms with Gasteiger partial charge in [0.25, 0.3) is 0 Å². The van der Waals surface area contributed by atoms with E-state index in [1.807, 2.05) is 45.0 Å². The molecule has 0 aliphatic carbocycles. The zero-order valence-corrected chi connectivity index (χ0v) is 11.2. The second-order valence-electron chi connectivity index (χ2n) is 5.36. The molecule has 94 valence electrons. The lowest BCUT2D eigenvalue weighted by molar-refractivity contribution is 0.0858. The van der Waals surface area contributed by atoms with Gasteiger partial charge in [-0.15, -0.1) is 0 Å². The van der Waals surface area contributed by atoms with Crippen LogP contribution in [0.2, 0.25) is 0 Å². The monoisotopic (exact) mass is 243 g/mol. The summed E-state index contributed by atoms with van der Waals surface area (Å²) in [6.07, 6.45) is 1.64. The molecule has 0 saturated heterocycles. The van der Waals surface area contributed by atoms with Crippen molar-refractivity contribution in [1.29, 1.82) is 0 Å². The Morgan fingerprint density at radius 1 is 1.22 bits per heavy atom. The summed E-state index contributed by atoms with van der Waals surface area (Å²) in [6, 6.07) is 7.51. The van der Waals surface area contributed by atoms with Crippen LogP contribution in [0.5, 0.6) is 5.75 Å². The Balaban J connectivity index is 2.52. The molecule has 1 aromatic carbocycles. The van der Waals surface area contributed by atoms with Crippen molar-refractivity contribution in [3.05, 3.63) is 36.0 Å². The van der Waals surface area contributed by atoms with Crippen molar-refractivity contribution >= 4 is 16.7 Å². The lowest BCUT2D eigenvalue weighted by atomic mass is 9.87. The Morgan fingerprint density at radius 3 is 2.56 bits per heavy atom. The second-order valence-corrected chi connectivity index (χ2v) is 5.36. The number of aromatic nitrogens is 1. The molecule has 2 aromatic rings. The van der Waals surface area contributed by atoms with Crippen LogP contribution in [0, 0.1) is 5.41 Å². The van der Waals surface area contributed by atoms with Gasteiger partial charge in [-0.2, -0.15) is 0 Å². The zero-order chi connectivity index (χ0) is 13.3. The summed E-state index contributed by atoms with van der Waals surface area (Å²) in [7, 11) is 1.62. The van der Waals surface area contributed by atoms with Gasteiger partial charge >= 0.3 is 0 Å². The first-order valence-corrected chi connectivity index (χ1v) is 5.90. The lowest BCUT2D eigenvalue weighted by Gasteiger charge is -2.16. The van der Waals surface area contributed by atoms with Crippen LogP contribution in [0.3, 0.4) is 0 Å². The van der Waals surface area contributed by atoms with Crippen molar-refractivity contribution in [3.63, 3.8) is 0 Å². The van der Waals surface area contributed by atoms with E-state index >= 15 is 0 Å². The molecule has 0 amide bonds. The molecule has 0 radical (unpaired) electrons. The van der Waals surface area contributed by atoms with Gasteiger partial charge in [0.1, 0.15) is 5.75 Å². The van der Waals surface area contributed by atoms with E-state index in [9.17, 15) is 4.79 Å². The van der Waals surface area contributed by atoms with E-state index in [1.54, 1.807) is 13.3 Å². The summed E-state index contributed by atoms with van der Waals surface area (Å²) in [5, 5.41) is 0.921. The number of benzene rings is 1. The molecule has 0 aliphatic rings. The maximum absolute atomic E-state index is 12.2. The molecule has 0 spiro atoms. The molecule has 1 heterocycles. The van der Waals surface area contributed by atoms with E-state index in [-0.39, 0.29) is 5.78 Å². The third kappa shape index (κ3) is 2.35. The highest BCUT2D eigenvalue weighted by molar-refractivity contribution is 6.01. The number of methoxy groups -OCH3 is 1. The number of nitrogens with zero attached hydrogens (tertiary/aromatic N) is 1. The Hall–Kier alpha value is -1.90. The van der Waals surface area contributed by atoms with Crippen molar-refractivity contribution in [2.75, 3.05) is 7.11 Å². The number of hydrogen-bond donors (Lipinski definition) is 0. The van der Waals surface area contributed by atoms with Crippen LogP contribution in [-0.4, -0.2) is 17.9 Å². The molecule has 0 unspecified atom stereocenters. The smallest absolute Gasteiger partial charge is 0.169 e.